The summed E-state index contributed by atoms with van der Waals surface area (Å²) >= 11 is 0. The summed E-state index contributed by atoms with van der Waals surface area (Å²) in [5.74, 6) is 0.0615. The zero-order valence-electron chi connectivity index (χ0n) is 8.77. The number of rotatable bonds is 2. The number of hydrogen-bond donors (Lipinski definition) is 0. The molecule has 0 bridgehead atoms. The molecule has 0 aromatic heterocycles. The van der Waals surface area contributed by atoms with Crippen LogP contribution in [0, 0.1) is 4.91 Å². The molecule has 1 aromatic carbocycles. The number of para-hydroxylation sites is 1. The van der Waals surface area contributed by atoms with Crippen LogP contribution in [0.4, 0.5) is 0 Å². The largest absolute Gasteiger partial charge is 0.463 e. The molecule has 4 nitrogen and oxygen atoms in total. The van der Waals surface area contributed by atoms with E-state index in [-0.39, 0.29) is 12.6 Å². The van der Waals surface area contributed by atoms with Gasteiger partial charge < -0.3 is 9.47 Å². The Balaban J connectivity index is 2.38. The van der Waals surface area contributed by atoms with Crippen molar-refractivity contribution in [1.29, 1.82) is 0 Å². The molecule has 80 valence electrons. The van der Waals surface area contributed by atoms with E-state index in [0.717, 1.165) is 11.3 Å². The van der Waals surface area contributed by atoms with Gasteiger partial charge in [-0.1, -0.05) is 23.4 Å². The van der Waals surface area contributed by atoms with Crippen molar-refractivity contribution in [3.63, 3.8) is 0 Å². The van der Waals surface area contributed by atoms with Crippen molar-refractivity contribution in [2.45, 2.75) is 25.7 Å². The molecular formula is C11H13NO3. The maximum atomic E-state index is 10.3. The van der Waals surface area contributed by atoms with E-state index in [0.29, 0.717) is 0 Å². The molecule has 0 amide bonds. The molecule has 1 atom stereocenters. The predicted molar refractivity (Wildman–Crippen MR) is 55.6 cm³/mol. The molecular weight excluding hydrogens is 194 g/mol. The van der Waals surface area contributed by atoms with Gasteiger partial charge in [-0.15, -0.1) is 0 Å². The summed E-state index contributed by atoms with van der Waals surface area (Å²) in [5, 5.41) is 2.89. The Morgan fingerprint density at radius 3 is 2.87 bits per heavy atom. The normalized spacial score (nSPS) is 22.7. The van der Waals surface area contributed by atoms with E-state index in [1.165, 1.54) is 0 Å². The van der Waals surface area contributed by atoms with Gasteiger partial charge in [0, 0.05) is 19.4 Å². The van der Waals surface area contributed by atoms with Crippen LogP contribution in [0.25, 0.3) is 0 Å². The summed E-state index contributed by atoms with van der Waals surface area (Å²) in [5.41, 5.74) is 0.886. The molecule has 2 rings (SSSR count). The third-order valence-electron chi connectivity index (χ3n) is 2.29. The van der Waals surface area contributed by atoms with E-state index in [1.807, 2.05) is 38.1 Å². The summed E-state index contributed by atoms with van der Waals surface area (Å²) in [6, 6.07) is 7.55. The van der Waals surface area contributed by atoms with Gasteiger partial charge in [-0.3, -0.25) is 0 Å². The van der Waals surface area contributed by atoms with Crippen LogP contribution < -0.4 is 4.74 Å². The van der Waals surface area contributed by atoms with Gasteiger partial charge in [0.1, 0.15) is 18.4 Å². The van der Waals surface area contributed by atoms with Gasteiger partial charge in [-0.25, -0.2) is 0 Å². The highest BCUT2D eigenvalue weighted by Gasteiger charge is 2.34. The van der Waals surface area contributed by atoms with Gasteiger partial charge in [0.2, 0.25) is 5.79 Å². The van der Waals surface area contributed by atoms with Crippen LogP contribution in [-0.4, -0.2) is 12.3 Å². The Kier molecular flexibility index (Phi) is 2.44. The lowest BCUT2D eigenvalue weighted by Gasteiger charge is -2.36. The SMILES string of the molecule is CC1(C)Oc2ccccc2C(CN=O)O1. The summed E-state index contributed by atoms with van der Waals surface area (Å²) in [7, 11) is 0. The molecule has 1 heterocycles. The Bertz CT molecular complexity index is 376. The van der Waals surface area contributed by atoms with E-state index in [2.05, 4.69) is 5.18 Å². The molecule has 0 fully saturated rings. The molecule has 1 unspecified atom stereocenters. The third-order valence-corrected chi connectivity index (χ3v) is 2.29. The number of fused-ring (bicyclic) bond motifs is 1. The minimum absolute atomic E-state index is 0.115. The highest BCUT2D eigenvalue weighted by molar-refractivity contribution is 5.37. The average molecular weight is 207 g/mol. The molecule has 1 aliphatic rings. The lowest BCUT2D eigenvalue weighted by molar-refractivity contribution is -0.204. The Morgan fingerprint density at radius 2 is 2.13 bits per heavy atom. The monoisotopic (exact) mass is 207 g/mol. The smallest absolute Gasteiger partial charge is 0.205 e. The van der Waals surface area contributed by atoms with Gasteiger partial charge >= 0.3 is 0 Å². The van der Waals surface area contributed by atoms with Crippen LogP contribution in [0.3, 0.4) is 0 Å². The van der Waals surface area contributed by atoms with E-state index in [4.69, 9.17) is 9.47 Å². The van der Waals surface area contributed by atoms with Crippen LogP contribution in [0.1, 0.15) is 25.5 Å². The number of nitrogens with zero attached hydrogens (tertiary/aromatic N) is 1. The Hall–Kier alpha value is -1.42. The summed E-state index contributed by atoms with van der Waals surface area (Å²) < 4.78 is 11.3. The molecule has 1 aromatic rings. The van der Waals surface area contributed by atoms with Crippen molar-refractivity contribution in [2.24, 2.45) is 5.18 Å². The first-order valence-corrected chi connectivity index (χ1v) is 4.87. The molecule has 0 radical (unpaired) electrons. The standard InChI is InChI=1S/C11H13NO3/c1-11(2)14-9-6-4-3-5-8(9)10(15-11)7-12-13/h3-6,10H,7H2,1-2H3. The summed E-state index contributed by atoms with van der Waals surface area (Å²) in [6.07, 6.45) is -0.303. The highest BCUT2D eigenvalue weighted by Crippen LogP contribution is 2.38. The van der Waals surface area contributed by atoms with Crippen molar-refractivity contribution in [1.82, 2.24) is 0 Å². The minimum Gasteiger partial charge on any atom is -0.463 e. The van der Waals surface area contributed by atoms with Crippen LogP contribution >= 0.6 is 0 Å². The van der Waals surface area contributed by atoms with Crippen LogP contribution in [0.5, 0.6) is 5.75 Å². The topological polar surface area (TPSA) is 47.9 Å². The minimum atomic E-state index is -0.705. The summed E-state index contributed by atoms with van der Waals surface area (Å²) in [6.45, 7) is 3.76. The predicted octanol–water partition coefficient (Wildman–Crippen LogP) is 2.64. The van der Waals surface area contributed by atoms with E-state index in [1.54, 1.807) is 0 Å². The van der Waals surface area contributed by atoms with Gasteiger partial charge in [-0.05, 0) is 6.07 Å². The number of hydrogen-bond acceptors (Lipinski definition) is 4. The maximum absolute atomic E-state index is 10.3. The molecule has 0 N–H and O–H groups in total. The second kappa shape index (κ2) is 3.62. The quantitative estimate of drug-likeness (QED) is 0.700. The second-order valence-corrected chi connectivity index (χ2v) is 3.96. The molecule has 0 spiro atoms. The fraction of sp³-hybridized carbons (Fsp3) is 0.455. The number of benzene rings is 1. The van der Waals surface area contributed by atoms with Crippen LogP contribution in [0.15, 0.2) is 29.4 Å². The van der Waals surface area contributed by atoms with Crippen molar-refractivity contribution in [2.75, 3.05) is 6.54 Å². The van der Waals surface area contributed by atoms with Gasteiger partial charge in [0.15, 0.2) is 0 Å². The van der Waals surface area contributed by atoms with Gasteiger partial charge in [-0.2, -0.15) is 4.91 Å². The zero-order chi connectivity index (χ0) is 10.9. The van der Waals surface area contributed by atoms with Crippen molar-refractivity contribution < 1.29 is 9.47 Å². The fourth-order valence-electron chi connectivity index (χ4n) is 1.74. The first-order chi connectivity index (χ1) is 7.12. The van der Waals surface area contributed by atoms with E-state index in [9.17, 15) is 4.91 Å². The van der Waals surface area contributed by atoms with Crippen molar-refractivity contribution >= 4 is 0 Å². The van der Waals surface area contributed by atoms with Crippen molar-refractivity contribution in [3.8, 4) is 5.75 Å². The van der Waals surface area contributed by atoms with E-state index < -0.39 is 5.79 Å². The zero-order valence-corrected chi connectivity index (χ0v) is 8.77. The molecule has 15 heavy (non-hydrogen) atoms. The Morgan fingerprint density at radius 1 is 1.40 bits per heavy atom. The molecule has 0 saturated carbocycles. The molecule has 0 aliphatic carbocycles. The first kappa shape index (κ1) is 10.1. The van der Waals surface area contributed by atoms with Gasteiger partial charge in [0.25, 0.3) is 0 Å². The third kappa shape index (κ3) is 1.99. The Labute approximate surface area is 88.2 Å². The second-order valence-electron chi connectivity index (χ2n) is 3.96. The first-order valence-electron chi connectivity index (χ1n) is 4.87. The molecule has 0 saturated heterocycles. The van der Waals surface area contributed by atoms with Gasteiger partial charge in [0.05, 0.1) is 0 Å². The lowest BCUT2D eigenvalue weighted by atomic mass is 10.1. The molecule has 4 heteroatoms. The summed E-state index contributed by atoms with van der Waals surface area (Å²) in [4.78, 5) is 10.3. The maximum Gasteiger partial charge on any atom is 0.205 e. The van der Waals surface area contributed by atoms with Crippen molar-refractivity contribution in [3.05, 3.63) is 34.7 Å². The van der Waals surface area contributed by atoms with Crippen LogP contribution in [-0.2, 0) is 4.74 Å². The van der Waals surface area contributed by atoms with Crippen LogP contribution in [0.2, 0.25) is 0 Å². The van der Waals surface area contributed by atoms with E-state index >= 15 is 0 Å². The fourth-order valence-corrected chi connectivity index (χ4v) is 1.74. The highest BCUT2D eigenvalue weighted by atomic mass is 16.7. The molecule has 1 aliphatic heterocycles. The lowest BCUT2D eigenvalue weighted by Crippen LogP contribution is -2.38. The average Bonchev–Trinajstić information content (AvgIpc) is 2.16. The number of ether oxygens (including phenoxy) is 2. The number of nitroso groups, excluding NO2 is 1.